The van der Waals surface area contributed by atoms with Crippen molar-refractivity contribution in [1.29, 1.82) is 0 Å². The van der Waals surface area contributed by atoms with Gasteiger partial charge in [-0.1, -0.05) is 49.2 Å². The van der Waals surface area contributed by atoms with E-state index in [1.165, 1.54) is 49.3 Å². The van der Waals surface area contributed by atoms with E-state index in [9.17, 15) is 0 Å². The van der Waals surface area contributed by atoms with E-state index in [1.807, 2.05) is 6.07 Å². The van der Waals surface area contributed by atoms with Crippen molar-refractivity contribution < 1.29 is 0 Å². The largest absolute Gasteiger partial charge is 0.0843 e. The van der Waals surface area contributed by atoms with Crippen LogP contribution in [0.25, 0.3) is 10.8 Å². The standard InChI is InChI=1S/C21H25Cl/c1-14-2-3-16-11-17(5-4-15(16)10-14)18-6-7-20-13-21(22)9-8-19(20)12-18/h6-9,12-17H,2-5,10-11H2,1H3/t14-,15?,16-,17?/m1/s1. The van der Waals surface area contributed by atoms with Crippen LogP contribution in [-0.4, -0.2) is 0 Å². The Hall–Kier alpha value is -1.01. The summed E-state index contributed by atoms with van der Waals surface area (Å²) in [5.74, 6) is 3.73. The first-order valence-electron chi connectivity index (χ1n) is 8.88. The van der Waals surface area contributed by atoms with Gasteiger partial charge < -0.3 is 0 Å². The van der Waals surface area contributed by atoms with E-state index in [0.717, 1.165) is 28.7 Å². The van der Waals surface area contributed by atoms with E-state index < -0.39 is 0 Å². The Morgan fingerprint density at radius 1 is 0.818 bits per heavy atom. The molecule has 0 bridgehead atoms. The van der Waals surface area contributed by atoms with Gasteiger partial charge in [-0.2, -0.15) is 0 Å². The van der Waals surface area contributed by atoms with Gasteiger partial charge in [-0.15, -0.1) is 0 Å². The highest BCUT2D eigenvalue weighted by Crippen LogP contribution is 2.47. The molecule has 116 valence electrons. The second-order valence-electron chi connectivity index (χ2n) is 7.70. The van der Waals surface area contributed by atoms with Crippen LogP contribution < -0.4 is 0 Å². The van der Waals surface area contributed by atoms with Gasteiger partial charge in [0, 0.05) is 5.02 Å². The van der Waals surface area contributed by atoms with Gasteiger partial charge in [0.25, 0.3) is 0 Å². The minimum atomic E-state index is 0.773. The van der Waals surface area contributed by atoms with Crippen LogP contribution in [0.4, 0.5) is 0 Å². The van der Waals surface area contributed by atoms with Crippen LogP contribution in [0.15, 0.2) is 36.4 Å². The average Bonchev–Trinajstić information content (AvgIpc) is 2.54. The number of halogens is 1. The summed E-state index contributed by atoms with van der Waals surface area (Å²) in [6, 6.07) is 13.2. The first kappa shape index (κ1) is 14.6. The molecule has 0 saturated heterocycles. The number of rotatable bonds is 1. The van der Waals surface area contributed by atoms with E-state index in [4.69, 9.17) is 11.6 Å². The second kappa shape index (κ2) is 5.89. The molecule has 0 radical (unpaired) electrons. The van der Waals surface area contributed by atoms with Crippen molar-refractivity contribution in [2.75, 3.05) is 0 Å². The van der Waals surface area contributed by atoms with Crippen LogP contribution in [0.3, 0.4) is 0 Å². The van der Waals surface area contributed by atoms with Gasteiger partial charge in [-0.3, -0.25) is 0 Å². The Labute approximate surface area is 138 Å². The third-order valence-corrected chi connectivity index (χ3v) is 6.41. The second-order valence-corrected chi connectivity index (χ2v) is 8.14. The zero-order valence-electron chi connectivity index (χ0n) is 13.4. The maximum atomic E-state index is 6.10. The van der Waals surface area contributed by atoms with Crippen LogP contribution in [0.2, 0.25) is 5.02 Å². The van der Waals surface area contributed by atoms with Gasteiger partial charge >= 0.3 is 0 Å². The molecule has 1 heteroatoms. The predicted octanol–water partition coefficient (Wildman–Crippen LogP) is 6.81. The van der Waals surface area contributed by atoms with Gasteiger partial charge in [0.1, 0.15) is 0 Å². The van der Waals surface area contributed by atoms with Crippen molar-refractivity contribution in [2.45, 2.75) is 51.4 Å². The van der Waals surface area contributed by atoms with Crippen LogP contribution >= 0.6 is 11.6 Å². The van der Waals surface area contributed by atoms with E-state index in [0.29, 0.717) is 0 Å². The van der Waals surface area contributed by atoms with E-state index >= 15 is 0 Å². The number of hydrogen-bond acceptors (Lipinski definition) is 0. The first-order valence-corrected chi connectivity index (χ1v) is 9.26. The fourth-order valence-corrected chi connectivity index (χ4v) is 5.10. The molecule has 2 fully saturated rings. The summed E-state index contributed by atoms with van der Waals surface area (Å²) in [7, 11) is 0. The van der Waals surface area contributed by atoms with Gasteiger partial charge in [-0.25, -0.2) is 0 Å². The molecule has 4 rings (SSSR count). The van der Waals surface area contributed by atoms with Crippen molar-refractivity contribution in [1.82, 2.24) is 0 Å². The molecule has 2 aliphatic carbocycles. The van der Waals surface area contributed by atoms with Gasteiger partial charge in [0.2, 0.25) is 0 Å². The highest BCUT2D eigenvalue weighted by Gasteiger charge is 2.34. The molecule has 2 saturated carbocycles. The normalized spacial score (nSPS) is 31.9. The quantitative estimate of drug-likeness (QED) is 0.542. The molecule has 0 amide bonds. The zero-order chi connectivity index (χ0) is 15.1. The van der Waals surface area contributed by atoms with Crippen LogP contribution in [0, 0.1) is 17.8 Å². The summed E-state index contributed by atoms with van der Waals surface area (Å²) in [5, 5.41) is 3.43. The topological polar surface area (TPSA) is 0 Å². The first-order chi connectivity index (χ1) is 10.7. The number of hydrogen-bond donors (Lipinski definition) is 0. The van der Waals surface area contributed by atoms with Gasteiger partial charge in [0.15, 0.2) is 0 Å². The molecule has 2 aliphatic rings. The van der Waals surface area contributed by atoms with Crippen molar-refractivity contribution in [3.63, 3.8) is 0 Å². The summed E-state index contributed by atoms with van der Waals surface area (Å²) in [4.78, 5) is 0. The molecule has 0 spiro atoms. The molecular formula is C21H25Cl. The highest BCUT2D eigenvalue weighted by atomic mass is 35.5. The smallest absolute Gasteiger partial charge is 0.0412 e. The Morgan fingerprint density at radius 2 is 1.55 bits per heavy atom. The lowest BCUT2D eigenvalue weighted by molar-refractivity contribution is 0.124. The predicted molar refractivity (Wildman–Crippen MR) is 95.5 cm³/mol. The van der Waals surface area contributed by atoms with Crippen molar-refractivity contribution in [2.24, 2.45) is 17.8 Å². The summed E-state index contributed by atoms with van der Waals surface area (Å²) < 4.78 is 0. The molecule has 4 atom stereocenters. The maximum Gasteiger partial charge on any atom is 0.0412 e. The molecule has 2 aromatic carbocycles. The van der Waals surface area contributed by atoms with Crippen LogP contribution in [0.1, 0.15) is 56.9 Å². The lowest BCUT2D eigenvalue weighted by Gasteiger charge is -2.41. The highest BCUT2D eigenvalue weighted by molar-refractivity contribution is 6.31. The van der Waals surface area contributed by atoms with Crippen molar-refractivity contribution in [3.8, 4) is 0 Å². The fourth-order valence-electron chi connectivity index (χ4n) is 4.92. The molecule has 2 unspecified atom stereocenters. The monoisotopic (exact) mass is 312 g/mol. The molecular weight excluding hydrogens is 288 g/mol. The zero-order valence-corrected chi connectivity index (χ0v) is 14.2. The summed E-state index contributed by atoms with van der Waals surface area (Å²) >= 11 is 6.10. The minimum absolute atomic E-state index is 0.773. The van der Waals surface area contributed by atoms with Crippen molar-refractivity contribution in [3.05, 3.63) is 47.0 Å². The third kappa shape index (κ3) is 2.78. The molecule has 0 aliphatic heterocycles. The number of benzene rings is 2. The van der Waals surface area contributed by atoms with Gasteiger partial charge in [-0.05, 0) is 84.2 Å². The molecule has 0 heterocycles. The van der Waals surface area contributed by atoms with Gasteiger partial charge in [0.05, 0.1) is 0 Å². The van der Waals surface area contributed by atoms with Crippen LogP contribution in [-0.2, 0) is 0 Å². The fraction of sp³-hybridized carbons (Fsp3) is 0.524. The summed E-state index contributed by atoms with van der Waals surface area (Å²) in [6.45, 7) is 2.44. The SMILES string of the molecule is C[C@@H]1CC[C@@H]2CC(c3ccc4cc(Cl)ccc4c3)CCC2C1. The summed E-state index contributed by atoms with van der Waals surface area (Å²) in [6.07, 6.45) is 8.63. The lowest BCUT2D eigenvalue weighted by atomic mass is 9.64. The van der Waals surface area contributed by atoms with E-state index in [2.05, 4.69) is 37.3 Å². The summed E-state index contributed by atoms with van der Waals surface area (Å²) in [5.41, 5.74) is 1.55. The minimum Gasteiger partial charge on any atom is -0.0843 e. The van der Waals surface area contributed by atoms with Crippen molar-refractivity contribution >= 4 is 22.4 Å². The van der Waals surface area contributed by atoms with Crippen LogP contribution in [0.5, 0.6) is 0 Å². The maximum absolute atomic E-state index is 6.10. The Balaban J connectivity index is 1.56. The van der Waals surface area contributed by atoms with E-state index in [-0.39, 0.29) is 0 Å². The number of fused-ring (bicyclic) bond motifs is 2. The Morgan fingerprint density at radius 3 is 2.45 bits per heavy atom. The molecule has 2 aromatic rings. The molecule has 22 heavy (non-hydrogen) atoms. The lowest BCUT2D eigenvalue weighted by Crippen LogP contribution is -2.29. The third-order valence-electron chi connectivity index (χ3n) is 6.17. The average molecular weight is 313 g/mol. The Bertz CT molecular complexity index is 675. The molecule has 0 nitrogen and oxygen atoms in total. The molecule has 0 aromatic heterocycles. The van der Waals surface area contributed by atoms with E-state index in [1.54, 1.807) is 5.56 Å². The molecule has 0 N–H and O–H groups in total. The Kier molecular flexibility index (Phi) is 3.90.